The molecule has 3 atom stereocenters. The van der Waals surface area contributed by atoms with Crippen LogP contribution in [0.4, 0.5) is 0 Å². The Hall–Kier alpha value is -2.69. The van der Waals surface area contributed by atoms with Gasteiger partial charge in [0.25, 0.3) is 5.56 Å². The lowest BCUT2D eigenvalue weighted by molar-refractivity contribution is -0.121. The van der Waals surface area contributed by atoms with Crippen molar-refractivity contribution in [3.8, 4) is 11.3 Å². The van der Waals surface area contributed by atoms with Crippen molar-refractivity contribution in [1.82, 2.24) is 14.9 Å². The lowest BCUT2D eigenvalue weighted by Gasteiger charge is -2.18. The molecule has 1 amide bonds. The average Bonchev–Trinajstić information content (AvgIpc) is 3.26. The van der Waals surface area contributed by atoms with Crippen molar-refractivity contribution in [2.24, 2.45) is 17.8 Å². The molecule has 1 N–H and O–H groups in total. The molecule has 2 aromatic rings. The van der Waals surface area contributed by atoms with Crippen molar-refractivity contribution >= 4 is 5.91 Å². The fraction of sp³-hybridized carbons (Fsp3) is 0.350. The van der Waals surface area contributed by atoms with E-state index in [-0.39, 0.29) is 18.0 Å². The smallest absolute Gasteiger partial charge is 0.269 e. The van der Waals surface area contributed by atoms with Crippen molar-refractivity contribution in [3.05, 3.63) is 65.2 Å². The molecular formula is C20H21N3O2. The number of carbonyl (C=O) groups is 1. The van der Waals surface area contributed by atoms with E-state index in [1.165, 1.54) is 17.2 Å². The van der Waals surface area contributed by atoms with Gasteiger partial charge in [0.1, 0.15) is 6.54 Å². The van der Waals surface area contributed by atoms with Crippen LogP contribution in [0.15, 0.2) is 59.7 Å². The van der Waals surface area contributed by atoms with Gasteiger partial charge in [0.05, 0.1) is 11.9 Å². The first kappa shape index (κ1) is 15.8. The van der Waals surface area contributed by atoms with Crippen LogP contribution >= 0.6 is 0 Å². The number of nitrogens with zero attached hydrogens (tertiary/aromatic N) is 2. The Labute approximate surface area is 146 Å². The Morgan fingerprint density at radius 1 is 1.20 bits per heavy atom. The second-order valence-corrected chi connectivity index (χ2v) is 6.95. The SMILES string of the molecule is O=C(Cn1cc(-c2ccccc2)ncc1=O)NC[C@H]1C[C@H]2C=C[C@H]1C2. The summed E-state index contributed by atoms with van der Waals surface area (Å²) in [5.74, 6) is 1.72. The van der Waals surface area contributed by atoms with Gasteiger partial charge >= 0.3 is 0 Å². The van der Waals surface area contributed by atoms with Crippen LogP contribution in [-0.4, -0.2) is 22.0 Å². The summed E-state index contributed by atoms with van der Waals surface area (Å²) in [6, 6.07) is 9.63. The highest BCUT2D eigenvalue weighted by molar-refractivity contribution is 5.75. The van der Waals surface area contributed by atoms with E-state index in [2.05, 4.69) is 22.5 Å². The average molecular weight is 335 g/mol. The van der Waals surface area contributed by atoms with Gasteiger partial charge in [-0.1, -0.05) is 42.5 Å². The second kappa shape index (κ2) is 6.67. The second-order valence-electron chi connectivity index (χ2n) is 6.95. The first-order chi connectivity index (χ1) is 12.2. The van der Waals surface area contributed by atoms with Crippen LogP contribution in [0.3, 0.4) is 0 Å². The van der Waals surface area contributed by atoms with Crippen LogP contribution in [0, 0.1) is 17.8 Å². The highest BCUT2D eigenvalue weighted by Gasteiger charge is 2.35. The van der Waals surface area contributed by atoms with Crippen molar-refractivity contribution in [2.45, 2.75) is 19.4 Å². The Morgan fingerprint density at radius 3 is 2.76 bits per heavy atom. The van der Waals surface area contributed by atoms with Gasteiger partial charge in [0.15, 0.2) is 0 Å². The Bertz CT molecular complexity index is 857. The van der Waals surface area contributed by atoms with Crippen LogP contribution < -0.4 is 10.9 Å². The Kier molecular flexibility index (Phi) is 4.22. The van der Waals surface area contributed by atoms with E-state index in [4.69, 9.17) is 0 Å². The summed E-state index contributed by atoms with van der Waals surface area (Å²) in [4.78, 5) is 28.5. The van der Waals surface area contributed by atoms with E-state index in [9.17, 15) is 9.59 Å². The molecule has 0 saturated heterocycles. The monoisotopic (exact) mass is 335 g/mol. The van der Waals surface area contributed by atoms with Crippen LogP contribution in [-0.2, 0) is 11.3 Å². The van der Waals surface area contributed by atoms with Crippen LogP contribution in [0.5, 0.6) is 0 Å². The number of allylic oxidation sites excluding steroid dienone is 2. The van der Waals surface area contributed by atoms with Crippen molar-refractivity contribution in [2.75, 3.05) is 6.54 Å². The van der Waals surface area contributed by atoms with Gasteiger partial charge in [-0.3, -0.25) is 9.59 Å². The van der Waals surface area contributed by atoms with Crippen LogP contribution in [0.25, 0.3) is 11.3 Å². The lowest BCUT2D eigenvalue weighted by atomic mass is 9.94. The predicted octanol–water partition coefficient (Wildman–Crippen LogP) is 2.24. The van der Waals surface area contributed by atoms with Gasteiger partial charge in [-0.05, 0) is 30.6 Å². The number of fused-ring (bicyclic) bond motifs is 2. The first-order valence-corrected chi connectivity index (χ1v) is 8.76. The number of benzene rings is 1. The molecule has 2 aliphatic rings. The third-order valence-corrected chi connectivity index (χ3v) is 5.24. The molecule has 0 spiro atoms. The summed E-state index contributed by atoms with van der Waals surface area (Å²) >= 11 is 0. The standard InChI is InChI=1S/C20H21N3O2/c24-19(22-10-17-9-14-6-7-16(17)8-14)13-23-12-18(21-11-20(23)25)15-4-2-1-3-5-15/h1-7,11-12,14,16-17H,8-10,13H2,(H,22,24)/t14-,16-,17+/m0/s1. The molecule has 0 radical (unpaired) electrons. The fourth-order valence-electron chi connectivity index (χ4n) is 3.91. The minimum Gasteiger partial charge on any atom is -0.354 e. The maximum absolute atomic E-state index is 12.3. The van der Waals surface area contributed by atoms with E-state index in [0.717, 1.165) is 12.0 Å². The number of hydrogen-bond acceptors (Lipinski definition) is 3. The molecule has 1 saturated carbocycles. The van der Waals surface area contributed by atoms with E-state index < -0.39 is 0 Å². The maximum atomic E-state index is 12.3. The van der Waals surface area contributed by atoms with Gasteiger partial charge in [-0.25, -0.2) is 4.98 Å². The molecule has 5 nitrogen and oxygen atoms in total. The first-order valence-electron chi connectivity index (χ1n) is 8.76. The van der Waals surface area contributed by atoms with Crippen molar-refractivity contribution < 1.29 is 4.79 Å². The fourth-order valence-corrected chi connectivity index (χ4v) is 3.91. The van der Waals surface area contributed by atoms with Gasteiger partial charge < -0.3 is 9.88 Å². The molecule has 4 rings (SSSR count). The van der Waals surface area contributed by atoms with Crippen molar-refractivity contribution in [3.63, 3.8) is 0 Å². The van der Waals surface area contributed by atoms with Gasteiger partial charge in [0, 0.05) is 18.3 Å². The summed E-state index contributed by atoms with van der Waals surface area (Å²) in [5.41, 5.74) is 1.34. The van der Waals surface area contributed by atoms with E-state index >= 15 is 0 Å². The molecule has 1 fully saturated rings. The molecular weight excluding hydrogens is 314 g/mol. The molecule has 2 bridgehead atoms. The number of hydrogen-bond donors (Lipinski definition) is 1. The summed E-state index contributed by atoms with van der Waals surface area (Å²) in [5, 5.41) is 2.99. The molecule has 1 heterocycles. The molecule has 128 valence electrons. The lowest BCUT2D eigenvalue weighted by Crippen LogP contribution is -2.35. The maximum Gasteiger partial charge on any atom is 0.269 e. The molecule has 1 aromatic heterocycles. The van der Waals surface area contributed by atoms with E-state index in [1.807, 2.05) is 30.3 Å². The molecule has 1 aromatic carbocycles. The topological polar surface area (TPSA) is 64.0 Å². The third-order valence-electron chi connectivity index (χ3n) is 5.24. The zero-order chi connectivity index (χ0) is 17.2. The summed E-state index contributed by atoms with van der Waals surface area (Å²) in [6.45, 7) is 0.716. The number of carbonyl (C=O) groups excluding carboxylic acids is 1. The number of aromatic nitrogens is 2. The van der Waals surface area contributed by atoms with Crippen LogP contribution in [0.1, 0.15) is 12.8 Å². The van der Waals surface area contributed by atoms with Crippen LogP contribution in [0.2, 0.25) is 0 Å². The van der Waals surface area contributed by atoms with Gasteiger partial charge in [-0.15, -0.1) is 0 Å². The van der Waals surface area contributed by atoms with Crippen molar-refractivity contribution in [1.29, 1.82) is 0 Å². The number of nitrogens with one attached hydrogen (secondary N) is 1. The summed E-state index contributed by atoms with van der Waals surface area (Å²) in [7, 11) is 0. The summed E-state index contributed by atoms with van der Waals surface area (Å²) < 4.78 is 1.42. The highest BCUT2D eigenvalue weighted by atomic mass is 16.2. The molecule has 25 heavy (non-hydrogen) atoms. The highest BCUT2D eigenvalue weighted by Crippen LogP contribution is 2.42. The third kappa shape index (κ3) is 3.40. The molecule has 5 heteroatoms. The number of amides is 1. The molecule has 2 aliphatic carbocycles. The molecule has 0 unspecified atom stereocenters. The number of rotatable bonds is 5. The summed E-state index contributed by atoms with van der Waals surface area (Å²) in [6.07, 6.45) is 9.89. The molecule has 0 aliphatic heterocycles. The van der Waals surface area contributed by atoms with E-state index in [0.29, 0.717) is 30.0 Å². The predicted molar refractivity (Wildman–Crippen MR) is 95.8 cm³/mol. The minimum absolute atomic E-state index is 0.0256. The zero-order valence-electron chi connectivity index (χ0n) is 14.0. The zero-order valence-corrected chi connectivity index (χ0v) is 14.0. The quantitative estimate of drug-likeness (QED) is 0.852. The van der Waals surface area contributed by atoms with Gasteiger partial charge in [-0.2, -0.15) is 0 Å². The Balaban J connectivity index is 1.40. The van der Waals surface area contributed by atoms with E-state index in [1.54, 1.807) is 6.20 Å². The minimum atomic E-state index is -0.266. The Morgan fingerprint density at radius 2 is 2.04 bits per heavy atom. The van der Waals surface area contributed by atoms with Gasteiger partial charge in [0.2, 0.25) is 5.91 Å². The normalized spacial score (nSPS) is 23.8. The largest absolute Gasteiger partial charge is 0.354 e.